The number of carbonyl (C=O) groups excluding carboxylic acids is 2. The van der Waals surface area contributed by atoms with E-state index in [2.05, 4.69) is 11.0 Å². The van der Waals surface area contributed by atoms with Gasteiger partial charge in [0.1, 0.15) is 12.4 Å². The van der Waals surface area contributed by atoms with E-state index in [1.807, 2.05) is 23.1 Å². The van der Waals surface area contributed by atoms with Crippen molar-refractivity contribution in [3.8, 4) is 5.75 Å². The molecule has 4 rings (SSSR count). The third kappa shape index (κ3) is 5.08. The minimum Gasteiger partial charge on any atom is -0.491 e. The molecule has 1 aromatic carbocycles. The Morgan fingerprint density at radius 3 is 2.66 bits per heavy atom. The van der Waals surface area contributed by atoms with Gasteiger partial charge in [-0.15, -0.1) is 0 Å². The van der Waals surface area contributed by atoms with Crippen LogP contribution in [0.25, 0.3) is 0 Å². The van der Waals surface area contributed by atoms with E-state index in [9.17, 15) is 9.59 Å². The summed E-state index contributed by atoms with van der Waals surface area (Å²) in [5.74, 6) is 0.552. The van der Waals surface area contributed by atoms with E-state index in [0.717, 1.165) is 43.8 Å². The molecule has 0 bridgehead atoms. The van der Waals surface area contributed by atoms with E-state index in [1.165, 1.54) is 0 Å². The smallest absolute Gasteiger partial charge is 0.227 e. The van der Waals surface area contributed by atoms with Gasteiger partial charge in [0.05, 0.1) is 12.5 Å². The van der Waals surface area contributed by atoms with Crippen LogP contribution in [0, 0.1) is 17.3 Å². The number of hydrogen-bond donors (Lipinski definition) is 2. The molecule has 0 aliphatic carbocycles. The molecule has 0 saturated carbocycles. The summed E-state index contributed by atoms with van der Waals surface area (Å²) in [6, 6.07) is 7.95. The van der Waals surface area contributed by atoms with Gasteiger partial charge in [-0.1, -0.05) is 12.1 Å². The zero-order valence-corrected chi connectivity index (χ0v) is 18.7. The highest BCUT2D eigenvalue weighted by Gasteiger charge is 2.51. The first-order valence-electron chi connectivity index (χ1n) is 11.7. The molecule has 3 N–H and O–H groups in total. The highest BCUT2D eigenvalue weighted by molar-refractivity contribution is 5.81. The molecule has 176 valence electrons. The molecular formula is C24H35N3O5. The lowest BCUT2D eigenvalue weighted by molar-refractivity contribution is -0.143. The van der Waals surface area contributed by atoms with Crippen LogP contribution >= 0.6 is 0 Å². The van der Waals surface area contributed by atoms with Crippen LogP contribution in [0.5, 0.6) is 5.75 Å². The maximum atomic E-state index is 13.6. The average Bonchev–Trinajstić information content (AvgIpc) is 3.14. The molecule has 8 heteroatoms. The first-order chi connectivity index (χ1) is 15.5. The zero-order chi connectivity index (χ0) is 22.6. The minimum atomic E-state index is -0.254. The number of ether oxygens (including phenoxy) is 2. The topological polar surface area (TPSA) is 105 Å². The van der Waals surface area contributed by atoms with Crippen LogP contribution in [-0.4, -0.2) is 79.3 Å². The summed E-state index contributed by atoms with van der Waals surface area (Å²) in [6.45, 7) is 5.26. The Morgan fingerprint density at radius 2 is 1.97 bits per heavy atom. The van der Waals surface area contributed by atoms with E-state index in [1.54, 1.807) is 0 Å². The number of aliphatic hydroxyl groups is 1. The van der Waals surface area contributed by atoms with Gasteiger partial charge >= 0.3 is 0 Å². The van der Waals surface area contributed by atoms with E-state index >= 15 is 0 Å². The highest BCUT2D eigenvalue weighted by Crippen LogP contribution is 2.45. The molecule has 3 fully saturated rings. The van der Waals surface area contributed by atoms with Crippen LogP contribution in [-0.2, 0) is 20.9 Å². The third-order valence-electron chi connectivity index (χ3n) is 7.38. The molecule has 8 nitrogen and oxygen atoms in total. The number of likely N-dealkylation sites (tertiary alicyclic amines) is 2. The fourth-order valence-corrected chi connectivity index (χ4v) is 5.58. The quantitative estimate of drug-likeness (QED) is 0.649. The van der Waals surface area contributed by atoms with Gasteiger partial charge in [0, 0.05) is 57.3 Å². The second-order valence-corrected chi connectivity index (χ2v) is 9.42. The lowest BCUT2D eigenvalue weighted by atomic mass is 9.71. The third-order valence-corrected chi connectivity index (χ3v) is 7.38. The Labute approximate surface area is 189 Å². The van der Waals surface area contributed by atoms with Crippen molar-refractivity contribution in [2.45, 2.75) is 32.2 Å². The van der Waals surface area contributed by atoms with Gasteiger partial charge in [-0.2, -0.15) is 0 Å². The number of hydrogen-bond acceptors (Lipinski definition) is 6. The van der Waals surface area contributed by atoms with Gasteiger partial charge in [0.15, 0.2) is 0 Å². The molecule has 1 spiro atoms. The molecule has 2 amide bonds. The summed E-state index contributed by atoms with van der Waals surface area (Å²) < 4.78 is 11.2. The van der Waals surface area contributed by atoms with Crippen LogP contribution < -0.4 is 10.5 Å². The lowest BCUT2D eigenvalue weighted by Crippen LogP contribution is -2.49. The number of rotatable bonds is 7. The van der Waals surface area contributed by atoms with Crippen molar-refractivity contribution >= 4 is 11.8 Å². The second kappa shape index (κ2) is 10.2. The number of benzene rings is 1. The number of amides is 2. The van der Waals surface area contributed by atoms with Crippen molar-refractivity contribution < 1.29 is 24.2 Å². The largest absolute Gasteiger partial charge is 0.491 e. The predicted octanol–water partition coefficient (Wildman–Crippen LogP) is 1.01. The maximum Gasteiger partial charge on any atom is 0.227 e. The fourth-order valence-electron chi connectivity index (χ4n) is 5.58. The fraction of sp³-hybridized carbons (Fsp3) is 0.667. The number of nitrogens with zero attached hydrogens (tertiary/aromatic N) is 2. The summed E-state index contributed by atoms with van der Waals surface area (Å²) >= 11 is 0. The molecule has 3 saturated heterocycles. The molecule has 0 aromatic heterocycles. The number of primary amides is 1. The summed E-state index contributed by atoms with van der Waals surface area (Å²) in [5.41, 5.74) is 6.55. The summed E-state index contributed by atoms with van der Waals surface area (Å²) in [7, 11) is 0. The summed E-state index contributed by atoms with van der Waals surface area (Å²) in [5, 5.41) is 9.00. The van der Waals surface area contributed by atoms with E-state index in [-0.39, 0.29) is 42.3 Å². The number of aliphatic hydroxyl groups excluding tert-OH is 1. The normalized spacial score (nSPS) is 24.0. The molecule has 0 radical (unpaired) electrons. The van der Waals surface area contributed by atoms with Gasteiger partial charge in [-0.05, 0) is 43.4 Å². The highest BCUT2D eigenvalue weighted by atomic mass is 16.5. The van der Waals surface area contributed by atoms with E-state index in [0.29, 0.717) is 39.1 Å². The number of piperidine rings is 1. The summed E-state index contributed by atoms with van der Waals surface area (Å²) in [4.78, 5) is 29.5. The first-order valence-corrected chi connectivity index (χ1v) is 11.7. The molecule has 32 heavy (non-hydrogen) atoms. The van der Waals surface area contributed by atoms with Crippen molar-refractivity contribution in [2.24, 2.45) is 23.0 Å². The van der Waals surface area contributed by atoms with Gasteiger partial charge in [-0.25, -0.2) is 0 Å². The van der Waals surface area contributed by atoms with Crippen LogP contribution in [0.3, 0.4) is 0 Å². The van der Waals surface area contributed by atoms with E-state index in [4.69, 9.17) is 20.3 Å². The Kier molecular flexibility index (Phi) is 7.33. The zero-order valence-electron chi connectivity index (χ0n) is 18.7. The molecule has 3 heterocycles. The molecule has 1 aromatic rings. The maximum absolute atomic E-state index is 13.6. The molecular weight excluding hydrogens is 410 g/mol. The SMILES string of the molecule is NC(=O)C1CCN(C(=O)C2CN(Cc3cccc(OCCO)c3)CC23CCOCC3)CC1. The van der Waals surface area contributed by atoms with Crippen LogP contribution in [0.4, 0.5) is 0 Å². The van der Waals surface area contributed by atoms with Crippen molar-refractivity contribution in [1.82, 2.24) is 9.80 Å². The van der Waals surface area contributed by atoms with Gasteiger partial charge < -0.3 is 25.2 Å². The predicted molar refractivity (Wildman–Crippen MR) is 119 cm³/mol. The van der Waals surface area contributed by atoms with Crippen LogP contribution in [0.1, 0.15) is 31.2 Å². The van der Waals surface area contributed by atoms with Crippen molar-refractivity contribution in [3.05, 3.63) is 29.8 Å². The van der Waals surface area contributed by atoms with Crippen LogP contribution in [0.15, 0.2) is 24.3 Å². The number of nitrogens with two attached hydrogens (primary N) is 1. The molecule has 1 unspecified atom stereocenters. The molecule has 3 aliphatic rings. The van der Waals surface area contributed by atoms with Gasteiger partial charge in [0.2, 0.25) is 11.8 Å². The Bertz CT molecular complexity index is 803. The summed E-state index contributed by atoms with van der Waals surface area (Å²) in [6.07, 6.45) is 3.12. The molecule has 1 atom stereocenters. The second-order valence-electron chi connectivity index (χ2n) is 9.42. The minimum absolute atomic E-state index is 0.0125. The van der Waals surface area contributed by atoms with Crippen molar-refractivity contribution in [1.29, 1.82) is 0 Å². The standard InChI is InChI=1S/C24H35N3O5/c25-22(29)19-4-8-27(9-5-19)23(30)21-16-26(17-24(21)6-11-31-12-7-24)15-18-2-1-3-20(14-18)32-13-10-28/h1-3,14,19,21,28H,4-13,15-17H2,(H2,25,29). The van der Waals surface area contributed by atoms with Crippen molar-refractivity contribution in [2.75, 3.05) is 52.6 Å². The van der Waals surface area contributed by atoms with Gasteiger partial charge in [-0.3, -0.25) is 14.5 Å². The first kappa shape index (κ1) is 23.0. The number of carbonyl (C=O) groups is 2. The van der Waals surface area contributed by atoms with Crippen LogP contribution in [0.2, 0.25) is 0 Å². The monoisotopic (exact) mass is 445 g/mol. The lowest BCUT2D eigenvalue weighted by Gasteiger charge is -2.40. The van der Waals surface area contributed by atoms with E-state index < -0.39 is 0 Å². The van der Waals surface area contributed by atoms with Crippen molar-refractivity contribution in [3.63, 3.8) is 0 Å². The van der Waals surface area contributed by atoms with Gasteiger partial charge in [0.25, 0.3) is 0 Å². The Hall–Kier alpha value is -2.16. The molecule has 3 aliphatic heterocycles. The average molecular weight is 446 g/mol. The Morgan fingerprint density at radius 1 is 1.22 bits per heavy atom. The Balaban J connectivity index is 1.45.